The van der Waals surface area contributed by atoms with Gasteiger partial charge in [0.2, 0.25) is 0 Å². The largest absolute Gasteiger partial charge is 0.484 e. The molecular weight excluding hydrogens is 275 g/mol. The van der Waals surface area contributed by atoms with Gasteiger partial charge in [0.1, 0.15) is 5.75 Å². The molecule has 1 aromatic rings. The molecule has 1 aromatic carbocycles. The molecule has 1 amide bonds. The third-order valence-electron chi connectivity index (χ3n) is 2.26. The maximum Gasteiger partial charge on any atom is 0.257 e. The molecule has 6 heteroatoms. The average Bonchev–Trinajstić information content (AvgIpc) is 2.32. The highest BCUT2D eigenvalue weighted by Crippen LogP contribution is 2.23. The highest BCUT2D eigenvalue weighted by atomic mass is 35.5. The molecule has 0 saturated carbocycles. The van der Waals surface area contributed by atoms with E-state index in [9.17, 15) is 4.79 Å². The molecule has 3 N–H and O–H groups in total. The minimum Gasteiger partial charge on any atom is -0.484 e. The Kier molecular flexibility index (Phi) is 6.25. The van der Waals surface area contributed by atoms with E-state index in [1.165, 1.54) is 0 Å². The van der Waals surface area contributed by atoms with E-state index >= 15 is 0 Å². The molecule has 0 fully saturated rings. The van der Waals surface area contributed by atoms with Gasteiger partial charge in [-0.2, -0.15) is 0 Å². The molecule has 18 heavy (non-hydrogen) atoms. The molecule has 0 aliphatic carbocycles. The second-order valence-electron chi connectivity index (χ2n) is 4.04. The summed E-state index contributed by atoms with van der Waals surface area (Å²) in [7, 11) is 0. The van der Waals surface area contributed by atoms with Crippen molar-refractivity contribution in [1.29, 1.82) is 0 Å². The monoisotopic (exact) mass is 290 g/mol. The fraction of sp³-hybridized carbons (Fsp3) is 0.417. The van der Waals surface area contributed by atoms with Gasteiger partial charge >= 0.3 is 0 Å². The Morgan fingerprint density at radius 1 is 1.39 bits per heavy atom. The summed E-state index contributed by atoms with van der Waals surface area (Å²) in [5, 5.41) is 3.66. The van der Waals surface area contributed by atoms with Crippen LogP contribution in [0.5, 0.6) is 5.75 Å². The molecule has 100 valence electrons. The minimum absolute atomic E-state index is 0.0754. The summed E-state index contributed by atoms with van der Waals surface area (Å²) >= 11 is 11.6. The molecule has 1 rings (SSSR count). The van der Waals surface area contributed by atoms with Gasteiger partial charge in [-0.05, 0) is 30.7 Å². The van der Waals surface area contributed by atoms with Crippen LogP contribution in [-0.2, 0) is 4.79 Å². The zero-order valence-electron chi connectivity index (χ0n) is 10.1. The van der Waals surface area contributed by atoms with E-state index in [0.29, 0.717) is 28.9 Å². The van der Waals surface area contributed by atoms with Gasteiger partial charge in [0.05, 0.1) is 0 Å². The van der Waals surface area contributed by atoms with E-state index < -0.39 is 0 Å². The van der Waals surface area contributed by atoms with Gasteiger partial charge in [0.15, 0.2) is 6.61 Å². The van der Waals surface area contributed by atoms with Crippen LogP contribution in [0.3, 0.4) is 0 Å². The summed E-state index contributed by atoms with van der Waals surface area (Å²) in [4.78, 5) is 11.5. The molecule has 0 heterocycles. The normalized spacial score (nSPS) is 12.0. The number of hydrogen-bond acceptors (Lipinski definition) is 3. The molecule has 0 aliphatic rings. The van der Waals surface area contributed by atoms with Gasteiger partial charge in [-0.1, -0.05) is 30.1 Å². The summed E-state index contributed by atoms with van der Waals surface area (Å²) in [5.41, 5.74) is 5.44. The first-order valence-corrected chi connectivity index (χ1v) is 6.32. The van der Waals surface area contributed by atoms with Crippen molar-refractivity contribution < 1.29 is 9.53 Å². The van der Waals surface area contributed by atoms with Gasteiger partial charge in [0, 0.05) is 16.6 Å². The molecule has 0 spiro atoms. The number of nitrogens with two attached hydrogens (primary N) is 1. The van der Waals surface area contributed by atoms with Crippen LogP contribution in [0, 0.1) is 5.92 Å². The lowest BCUT2D eigenvalue weighted by Gasteiger charge is -2.11. The Morgan fingerprint density at radius 2 is 2.00 bits per heavy atom. The van der Waals surface area contributed by atoms with Crippen molar-refractivity contribution in [1.82, 2.24) is 5.32 Å². The number of carbonyl (C=O) groups excluding carboxylic acids is 1. The summed E-state index contributed by atoms with van der Waals surface area (Å²) in [6.07, 6.45) is 0. The highest BCUT2D eigenvalue weighted by Gasteiger charge is 2.06. The topological polar surface area (TPSA) is 64.3 Å². The van der Waals surface area contributed by atoms with Crippen LogP contribution in [-0.4, -0.2) is 25.6 Å². The highest BCUT2D eigenvalue weighted by molar-refractivity contribution is 6.34. The van der Waals surface area contributed by atoms with Crippen molar-refractivity contribution in [3.8, 4) is 5.75 Å². The maximum absolute atomic E-state index is 11.5. The quantitative estimate of drug-likeness (QED) is 0.843. The summed E-state index contributed by atoms with van der Waals surface area (Å²) in [6, 6.07) is 4.80. The van der Waals surface area contributed by atoms with Gasteiger partial charge in [-0.3, -0.25) is 4.79 Å². The second kappa shape index (κ2) is 7.46. The van der Waals surface area contributed by atoms with E-state index in [1.54, 1.807) is 18.2 Å². The lowest BCUT2D eigenvalue weighted by atomic mass is 10.2. The number of nitrogens with one attached hydrogen (secondary N) is 1. The van der Waals surface area contributed by atoms with E-state index in [-0.39, 0.29) is 18.4 Å². The third-order valence-corrected chi connectivity index (χ3v) is 2.69. The Morgan fingerprint density at radius 3 is 2.56 bits per heavy atom. The predicted molar refractivity (Wildman–Crippen MR) is 73.2 cm³/mol. The molecule has 0 aromatic heterocycles. The van der Waals surface area contributed by atoms with E-state index in [2.05, 4.69) is 5.32 Å². The van der Waals surface area contributed by atoms with Crippen LogP contribution in [0.4, 0.5) is 0 Å². The average molecular weight is 291 g/mol. The molecular formula is C12H16Cl2N2O2. The lowest BCUT2D eigenvalue weighted by Crippen LogP contribution is -2.34. The molecule has 0 saturated heterocycles. The summed E-state index contributed by atoms with van der Waals surface area (Å²) < 4.78 is 5.28. The molecule has 0 bridgehead atoms. The Labute approximate surface area is 116 Å². The molecule has 0 radical (unpaired) electrons. The zero-order chi connectivity index (χ0) is 13.5. The molecule has 1 unspecified atom stereocenters. The van der Waals surface area contributed by atoms with Crippen LogP contribution in [0.2, 0.25) is 10.0 Å². The van der Waals surface area contributed by atoms with Gasteiger partial charge in [-0.15, -0.1) is 0 Å². The number of benzene rings is 1. The first-order valence-electron chi connectivity index (χ1n) is 5.57. The number of amides is 1. The Hall–Kier alpha value is -0.970. The smallest absolute Gasteiger partial charge is 0.257 e. The standard InChI is InChI=1S/C12H16Cl2N2O2/c1-8(5-15)6-16-12(17)7-18-11-3-9(13)2-10(14)4-11/h2-4,8H,5-7,15H2,1H3,(H,16,17). The van der Waals surface area contributed by atoms with Crippen molar-refractivity contribution in [2.45, 2.75) is 6.92 Å². The van der Waals surface area contributed by atoms with Crippen LogP contribution in [0.1, 0.15) is 6.92 Å². The Bertz CT molecular complexity index is 393. The fourth-order valence-corrected chi connectivity index (χ4v) is 1.69. The van der Waals surface area contributed by atoms with Gasteiger partial charge in [0.25, 0.3) is 5.91 Å². The fourth-order valence-electron chi connectivity index (χ4n) is 1.18. The summed E-state index contributed by atoms with van der Waals surface area (Å²) in [5.74, 6) is 0.510. The van der Waals surface area contributed by atoms with E-state index in [0.717, 1.165) is 0 Å². The lowest BCUT2D eigenvalue weighted by molar-refractivity contribution is -0.123. The van der Waals surface area contributed by atoms with Gasteiger partial charge in [-0.25, -0.2) is 0 Å². The first-order chi connectivity index (χ1) is 8.51. The zero-order valence-corrected chi connectivity index (χ0v) is 11.6. The first kappa shape index (κ1) is 15.1. The number of carbonyl (C=O) groups is 1. The minimum atomic E-state index is -0.202. The maximum atomic E-state index is 11.5. The van der Waals surface area contributed by atoms with Crippen molar-refractivity contribution >= 4 is 29.1 Å². The van der Waals surface area contributed by atoms with Gasteiger partial charge < -0.3 is 15.8 Å². The number of rotatable bonds is 6. The van der Waals surface area contributed by atoms with Crippen molar-refractivity contribution in [3.05, 3.63) is 28.2 Å². The molecule has 0 aliphatic heterocycles. The number of ether oxygens (including phenoxy) is 1. The third kappa shape index (κ3) is 5.58. The van der Waals surface area contributed by atoms with Crippen molar-refractivity contribution in [3.63, 3.8) is 0 Å². The Balaban J connectivity index is 2.38. The van der Waals surface area contributed by atoms with Crippen molar-refractivity contribution in [2.24, 2.45) is 11.7 Å². The van der Waals surface area contributed by atoms with Crippen LogP contribution < -0.4 is 15.8 Å². The van der Waals surface area contributed by atoms with Crippen molar-refractivity contribution in [2.75, 3.05) is 19.7 Å². The molecule has 4 nitrogen and oxygen atoms in total. The second-order valence-corrected chi connectivity index (χ2v) is 4.91. The van der Waals surface area contributed by atoms with E-state index in [1.807, 2.05) is 6.92 Å². The number of hydrogen-bond donors (Lipinski definition) is 2. The van der Waals surface area contributed by atoms with Crippen LogP contribution in [0.25, 0.3) is 0 Å². The molecule has 1 atom stereocenters. The predicted octanol–water partition coefficient (Wildman–Crippen LogP) is 2.08. The van der Waals surface area contributed by atoms with E-state index in [4.69, 9.17) is 33.7 Å². The SMILES string of the molecule is CC(CN)CNC(=O)COc1cc(Cl)cc(Cl)c1. The number of halogens is 2. The summed E-state index contributed by atoms with van der Waals surface area (Å²) in [6.45, 7) is 2.95. The van der Waals surface area contributed by atoms with Crippen LogP contribution in [0.15, 0.2) is 18.2 Å². The van der Waals surface area contributed by atoms with Crippen LogP contribution >= 0.6 is 23.2 Å².